The molecule has 0 N–H and O–H groups in total. The van der Waals surface area contributed by atoms with Crippen LogP contribution in [0.5, 0.6) is 5.75 Å². The summed E-state index contributed by atoms with van der Waals surface area (Å²) < 4.78 is 52.9. The standard InChI is InChI=1S/C25H22ClFN2O6S/c1-34-25(31)23-15-29(21-8-4-5-9-22(21)35-23)24(30)16-28(14-17-6-2-3-7-20(17)27)36(32,33)19-12-10-18(26)11-13-19/h2-13,23H,14-16H2,1H3. The zero-order chi connectivity index (χ0) is 25.9. The molecule has 0 aliphatic carbocycles. The van der Waals surface area contributed by atoms with Crippen LogP contribution in [-0.2, 0) is 30.9 Å². The zero-order valence-electron chi connectivity index (χ0n) is 19.1. The van der Waals surface area contributed by atoms with Crippen molar-refractivity contribution >= 4 is 39.2 Å². The molecule has 1 amide bonds. The van der Waals surface area contributed by atoms with Gasteiger partial charge in [-0.05, 0) is 42.5 Å². The van der Waals surface area contributed by atoms with Crippen molar-refractivity contribution in [3.63, 3.8) is 0 Å². The molecule has 3 aromatic rings. The third-order valence-electron chi connectivity index (χ3n) is 5.61. The van der Waals surface area contributed by atoms with Crippen LogP contribution < -0.4 is 9.64 Å². The molecular formula is C25H22ClFN2O6S. The summed E-state index contributed by atoms with van der Waals surface area (Å²) in [7, 11) is -3.04. The molecule has 0 fully saturated rings. The molecule has 8 nitrogen and oxygen atoms in total. The van der Waals surface area contributed by atoms with Crippen molar-refractivity contribution in [1.29, 1.82) is 0 Å². The number of fused-ring (bicyclic) bond motifs is 1. The molecule has 0 aromatic heterocycles. The summed E-state index contributed by atoms with van der Waals surface area (Å²) in [5.74, 6) is -1.65. The van der Waals surface area contributed by atoms with Gasteiger partial charge in [-0.3, -0.25) is 4.79 Å². The summed E-state index contributed by atoms with van der Waals surface area (Å²) in [5.41, 5.74) is 0.468. The van der Waals surface area contributed by atoms with Gasteiger partial charge in [0.15, 0.2) is 0 Å². The Morgan fingerprint density at radius 1 is 1.08 bits per heavy atom. The molecule has 1 unspecified atom stereocenters. The van der Waals surface area contributed by atoms with E-state index in [1.165, 1.54) is 54.5 Å². The molecule has 1 aliphatic heterocycles. The van der Waals surface area contributed by atoms with E-state index < -0.39 is 46.9 Å². The van der Waals surface area contributed by atoms with Gasteiger partial charge < -0.3 is 14.4 Å². The lowest BCUT2D eigenvalue weighted by molar-refractivity contribution is -0.148. The van der Waals surface area contributed by atoms with E-state index in [1.54, 1.807) is 30.3 Å². The Labute approximate surface area is 212 Å². The average molecular weight is 533 g/mol. The second-order valence-corrected chi connectivity index (χ2v) is 10.3. The number of esters is 1. The summed E-state index contributed by atoms with van der Waals surface area (Å²) in [4.78, 5) is 26.9. The molecule has 1 atom stereocenters. The third-order valence-corrected chi connectivity index (χ3v) is 7.66. The van der Waals surface area contributed by atoms with Gasteiger partial charge in [0, 0.05) is 17.1 Å². The van der Waals surface area contributed by atoms with E-state index in [2.05, 4.69) is 0 Å². The molecule has 0 bridgehead atoms. The molecular weight excluding hydrogens is 511 g/mol. The van der Waals surface area contributed by atoms with Gasteiger partial charge in [0.05, 0.1) is 30.8 Å². The Hall–Kier alpha value is -3.47. The number of hydrogen-bond acceptors (Lipinski definition) is 6. The number of rotatable bonds is 7. The first-order valence-corrected chi connectivity index (χ1v) is 12.7. The number of hydrogen-bond donors (Lipinski definition) is 0. The minimum atomic E-state index is -4.24. The number of amides is 1. The first kappa shape index (κ1) is 25.6. The monoisotopic (exact) mass is 532 g/mol. The Bertz CT molecular complexity index is 1380. The number of ether oxygens (including phenoxy) is 2. The van der Waals surface area contributed by atoms with Crippen LogP contribution in [0.4, 0.5) is 10.1 Å². The topological polar surface area (TPSA) is 93.2 Å². The van der Waals surface area contributed by atoms with Crippen molar-refractivity contribution in [2.24, 2.45) is 0 Å². The summed E-state index contributed by atoms with van der Waals surface area (Å²) in [6.45, 7) is -1.20. The summed E-state index contributed by atoms with van der Waals surface area (Å²) in [5, 5.41) is 0.337. The van der Waals surface area contributed by atoms with Crippen LogP contribution >= 0.6 is 11.6 Å². The number of para-hydroxylation sites is 2. The maximum atomic E-state index is 14.5. The zero-order valence-corrected chi connectivity index (χ0v) is 20.7. The second kappa shape index (κ2) is 10.7. The molecule has 1 aliphatic rings. The predicted molar refractivity (Wildman–Crippen MR) is 131 cm³/mol. The van der Waals surface area contributed by atoms with Crippen molar-refractivity contribution in [1.82, 2.24) is 4.31 Å². The van der Waals surface area contributed by atoms with Crippen molar-refractivity contribution < 1.29 is 31.9 Å². The first-order valence-electron chi connectivity index (χ1n) is 10.8. The van der Waals surface area contributed by atoms with Gasteiger partial charge in [-0.2, -0.15) is 4.31 Å². The lowest BCUT2D eigenvalue weighted by Gasteiger charge is -2.34. The van der Waals surface area contributed by atoms with E-state index in [-0.39, 0.29) is 22.8 Å². The Balaban J connectivity index is 1.70. The minimum absolute atomic E-state index is 0.0950. The number of carbonyl (C=O) groups is 2. The highest BCUT2D eigenvalue weighted by Gasteiger charge is 2.36. The summed E-state index contributed by atoms with van der Waals surface area (Å²) >= 11 is 5.91. The highest BCUT2D eigenvalue weighted by Crippen LogP contribution is 2.34. The maximum Gasteiger partial charge on any atom is 0.348 e. The van der Waals surface area contributed by atoms with Crippen LogP contribution in [0.2, 0.25) is 5.02 Å². The van der Waals surface area contributed by atoms with Gasteiger partial charge in [-0.25, -0.2) is 17.6 Å². The second-order valence-electron chi connectivity index (χ2n) is 7.92. The van der Waals surface area contributed by atoms with Crippen molar-refractivity contribution in [3.05, 3.63) is 89.2 Å². The molecule has 0 saturated heterocycles. The van der Waals surface area contributed by atoms with Gasteiger partial charge in [0.2, 0.25) is 22.0 Å². The Morgan fingerprint density at radius 3 is 2.44 bits per heavy atom. The average Bonchev–Trinajstić information content (AvgIpc) is 2.88. The highest BCUT2D eigenvalue weighted by molar-refractivity contribution is 7.89. The van der Waals surface area contributed by atoms with Crippen LogP contribution in [0.3, 0.4) is 0 Å². The lowest BCUT2D eigenvalue weighted by Crippen LogP contribution is -2.50. The van der Waals surface area contributed by atoms with E-state index in [0.29, 0.717) is 10.7 Å². The SMILES string of the molecule is COC(=O)C1CN(C(=O)CN(Cc2ccccc2F)S(=O)(=O)c2ccc(Cl)cc2)c2ccccc2O1. The largest absolute Gasteiger partial charge is 0.475 e. The van der Waals surface area contributed by atoms with Crippen molar-refractivity contribution in [2.75, 3.05) is 25.1 Å². The Kier molecular flexibility index (Phi) is 7.58. The van der Waals surface area contributed by atoms with Gasteiger partial charge in [-0.15, -0.1) is 0 Å². The smallest absolute Gasteiger partial charge is 0.348 e. The van der Waals surface area contributed by atoms with Gasteiger partial charge in [0.25, 0.3) is 0 Å². The number of benzene rings is 3. The number of methoxy groups -OCH3 is 1. The number of anilines is 1. The van der Waals surface area contributed by atoms with Crippen molar-refractivity contribution in [2.45, 2.75) is 17.5 Å². The molecule has 11 heteroatoms. The number of sulfonamides is 1. The van der Waals surface area contributed by atoms with E-state index in [9.17, 15) is 22.4 Å². The van der Waals surface area contributed by atoms with Crippen LogP contribution in [0.25, 0.3) is 0 Å². The van der Waals surface area contributed by atoms with Crippen LogP contribution in [0.15, 0.2) is 77.7 Å². The van der Waals surface area contributed by atoms with E-state index in [0.717, 1.165) is 4.31 Å². The normalized spacial score (nSPS) is 15.2. The van der Waals surface area contributed by atoms with Gasteiger partial charge >= 0.3 is 5.97 Å². The summed E-state index contributed by atoms with van der Waals surface area (Å²) in [6, 6.07) is 17.7. The van der Waals surface area contributed by atoms with Gasteiger partial charge in [-0.1, -0.05) is 41.9 Å². The lowest BCUT2D eigenvalue weighted by atomic mass is 10.1. The maximum absolute atomic E-state index is 14.5. The predicted octanol–water partition coefficient (Wildman–Crippen LogP) is 3.64. The van der Waals surface area contributed by atoms with Gasteiger partial charge in [0.1, 0.15) is 11.6 Å². The molecule has 3 aromatic carbocycles. The summed E-state index contributed by atoms with van der Waals surface area (Å²) in [6.07, 6.45) is -1.10. The van der Waals surface area contributed by atoms with Crippen LogP contribution in [0, 0.1) is 5.82 Å². The Morgan fingerprint density at radius 2 is 1.75 bits per heavy atom. The minimum Gasteiger partial charge on any atom is -0.475 e. The van der Waals surface area contributed by atoms with Crippen LogP contribution in [-0.4, -0.2) is 50.9 Å². The van der Waals surface area contributed by atoms with Crippen LogP contribution in [0.1, 0.15) is 5.56 Å². The van der Waals surface area contributed by atoms with E-state index in [4.69, 9.17) is 21.1 Å². The fourth-order valence-electron chi connectivity index (χ4n) is 3.76. The molecule has 188 valence electrons. The third kappa shape index (κ3) is 5.35. The highest BCUT2D eigenvalue weighted by atomic mass is 35.5. The fourth-order valence-corrected chi connectivity index (χ4v) is 5.25. The first-order chi connectivity index (χ1) is 17.2. The molecule has 0 spiro atoms. The molecule has 36 heavy (non-hydrogen) atoms. The number of halogens is 2. The number of nitrogens with zero attached hydrogens (tertiary/aromatic N) is 2. The molecule has 0 radical (unpaired) electrons. The molecule has 4 rings (SSSR count). The fraction of sp³-hybridized carbons (Fsp3) is 0.200. The quantitative estimate of drug-likeness (QED) is 0.431. The van der Waals surface area contributed by atoms with Crippen molar-refractivity contribution in [3.8, 4) is 5.75 Å². The molecule has 0 saturated carbocycles. The molecule has 1 heterocycles. The van der Waals surface area contributed by atoms with E-state index >= 15 is 0 Å². The van der Waals surface area contributed by atoms with E-state index in [1.807, 2.05) is 0 Å². The number of carbonyl (C=O) groups excluding carboxylic acids is 2.